The summed E-state index contributed by atoms with van der Waals surface area (Å²) in [6.45, 7) is 6.09. The van der Waals surface area contributed by atoms with Crippen LogP contribution < -0.4 is 0 Å². The van der Waals surface area contributed by atoms with E-state index in [0.717, 1.165) is 18.9 Å². The summed E-state index contributed by atoms with van der Waals surface area (Å²) in [5.41, 5.74) is 1.13. The minimum atomic E-state index is -4.22. The molecule has 23 heavy (non-hydrogen) atoms. The van der Waals surface area contributed by atoms with Gasteiger partial charge >= 0.3 is 6.18 Å². The van der Waals surface area contributed by atoms with Crippen LogP contribution in [0.15, 0.2) is 29.6 Å². The number of alkyl halides is 3. The maximum Gasteiger partial charge on any atom is 0.416 e. The molecule has 0 aliphatic heterocycles. The maximum absolute atomic E-state index is 12.4. The molecular weight excluding hydrogens is 319 g/mol. The first-order chi connectivity index (χ1) is 10.4. The summed E-state index contributed by atoms with van der Waals surface area (Å²) in [4.78, 5) is 4.32. The molecule has 0 aliphatic rings. The largest absolute Gasteiger partial charge is 0.416 e. The summed E-state index contributed by atoms with van der Waals surface area (Å²) in [6.07, 6.45) is -0.679. The number of hydrogen-bond acceptors (Lipinski definition) is 2. The first kappa shape index (κ1) is 21.6. The van der Waals surface area contributed by atoms with Crippen LogP contribution in [0.5, 0.6) is 0 Å². The van der Waals surface area contributed by atoms with Crippen molar-refractivity contribution in [2.24, 2.45) is 0 Å². The average molecular weight is 345 g/mol. The third kappa shape index (κ3) is 7.64. The summed E-state index contributed by atoms with van der Waals surface area (Å²) >= 11 is 1.73. The molecule has 2 aromatic rings. The van der Waals surface area contributed by atoms with Crippen molar-refractivity contribution in [2.75, 3.05) is 0 Å². The van der Waals surface area contributed by atoms with Crippen LogP contribution in [0.25, 0.3) is 0 Å². The summed E-state index contributed by atoms with van der Waals surface area (Å²) in [6, 6.07) is 5.72. The van der Waals surface area contributed by atoms with Crippen molar-refractivity contribution in [1.82, 2.24) is 4.98 Å². The van der Waals surface area contributed by atoms with Crippen LogP contribution in [0.4, 0.5) is 13.2 Å². The van der Waals surface area contributed by atoms with Gasteiger partial charge in [0.25, 0.3) is 0 Å². The van der Waals surface area contributed by atoms with Crippen LogP contribution in [-0.4, -0.2) is 4.98 Å². The fourth-order valence-corrected chi connectivity index (χ4v) is 2.71. The van der Waals surface area contributed by atoms with Crippen LogP contribution in [0, 0.1) is 6.92 Å². The van der Waals surface area contributed by atoms with Gasteiger partial charge in [-0.2, -0.15) is 13.2 Å². The molecule has 0 unspecified atom stereocenters. The van der Waals surface area contributed by atoms with Crippen LogP contribution in [0.1, 0.15) is 55.9 Å². The van der Waals surface area contributed by atoms with Crippen LogP contribution in [0.2, 0.25) is 0 Å². The van der Waals surface area contributed by atoms with Gasteiger partial charge in [0.05, 0.1) is 16.3 Å². The van der Waals surface area contributed by atoms with Crippen molar-refractivity contribution in [3.05, 3.63) is 51.5 Å². The number of halogens is 3. The minimum absolute atomic E-state index is 0. The molecule has 0 amide bonds. The van der Waals surface area contributed by atoms with Gasteiger partial charge in [-0.1, -0.05) is 52.3 Å². The Labute approximate surface area is 141 Å². The molecule has 0 aliphatic carbocycles. The van der Waals surface area contributed by atoms with E-state index in [-0.39, 0.29) is 7.43 Å². The second kappa shape index (κ2) is 10.4. The monoisotopic (exact) mass is 345 g/mol. The zero-order valence-electron chi connectivity index (χ0n) is 13.2. The van der Waals surface area contributed by atoms with E-state index in [2.05, 4.69) is 17.3 Å². The molecule has 0 radical (unpaired) electrons. The molecule has 130 valence electrons. The van der Waals surface area contributed by atoms with Crippen molar-refractivity contribution < 1.29 is 13.2 Å². The third-order valence-corrected chi connectivity index (χ3v) is 3.84. The highest BCUT2D eigenvalue weighted by atomic mass is 32.1. The number of aryl methyl sites for hydroxylation is 3. The van der Waals surface area contributed by atoms with E-state index in [0.29, 0.717) is 12.0 Å². The fourth-order valence-electron chi connectivity index (χ4n) is 2.06. The highest BCUT2D eigenvalue weighted by molar-refractivity contribution is 7.09. The number of rotatable bonds is 4. The van der Waals surface area contributed by atoms with Gasteiger partial charge in [0.2, 0.25) is 0 Å². The van der Waals surface area contributed by atoms with E-state index in [9.17, 15) is 13.2 Å². The molecule has 0 N–H and O–H groups in total. The molecule has 5 heteroatoms. The highest BCUT2D eigenvalue weighted by Crippen LogP contribution is 2.32. The Balaban J connectivity index is 0.000000427. The Hall–Kier alpha value is -1.36. The van der Waals surface area contributed by atoms with Crippen molar-refractivity contribution in [2.45, 2.75) is 60.1 Å². The number of nitrogens with zero attached hydrogens (tertiary/aromatic N) is 1. The molecule has 1 aromatic heterocycles. The summed E-state index contributed by atoms with van der Waals surface area (Å²) in [5, 5.41) is 3.32. The zero-order chi connectivity index (χ0) is 16.6. The number of thiazole rings is 1. The minimum Gasteiger partial charge on any atom is -0.247 e. The molecule has 0 fully saturated rings. The molecule has 1 aromatic carbocycles. The van der Waals surface area contributed by atoms with E-state index in [1.165, 1.54) is 29.3 Å². The van der Waals surface area contributed by atoms with Gasteiger partial charge in [0, 0.05) is 5.38 Å². The summed E-state index contributed by atoms with van der Waals surface area (Å²) in [5.74, 6) is 0. The number of aromatic nitrogens is 1. The second-order valence-corrected chi connectivity index (χ2v) is 6.07. The Morgan fingerprint density at radius 3 is 2.13 bits per heavy atom. The molecule has 0 saturated heterocycles. The van der Waals surface area contributed by atoms with Gasteiger partial charge < -0.3 is 0 Å². The summed E-state index contributed by atoms with van der Waals surface area (Å²) in [7, 11) is 0. The van der Waals surface area contributed by atoms with Gasteiger partial charge in [-0.25, -0.2) is 4.98 Å². The molecular formula is C18H26F3NS. The SMILES string of the molecule is C.CCCc1ccccc1C(F)(F)F.CCCc1csc(C)n1. The van der Waals surface area contributed by atoms with Crippen LogP contribution in [0.3, 0.4) is 0 Å². The Bertz CT molecular complexity index is 561. The number of benzene rings is 1. The van der Waals surface area contributed by atoms with E-state index in [4.69, 9.17) is 0 Å². The lowest BCUT2D eigenvalue weighted by atomic mass is 10.0. The van der Waals surface area contributed by atoms with Gasteiger partial charge in [-0.3, -0.25) is 0 Å². The quantitative estimate of drug-likeness (QED) is 0.601. The standard InChI is InChI=1S/C10H11F3.C7H11NS.CH4/c1-2-5-8-6-3-4-7-9(8)10(11,12)13;1-3-4-7-5-9-6(2)8-7;/h3-4,6-7H,2,5H2,1H3;5H,3-4H2,1-2H3;1H4. The van der Waals surface area contributed by atoms with E-state index >= 15 is 0 Å². The molecule has 2 rings (SSSR count). The number of hydrogen-bond donors (Lipinski definition) is 0. The highest BCUT2D eigenvalue weighted by Gasteiger charge is 2.32. The third-order valence-electron chi connectivity index (χ3n) is 3.01. The van der Waals surface area contributed by atoms with Crippen molar-refractivity contribution in [1.29, 1.82) is 0 Å². The lowest BCUT2D eigenvalue weighted by Gasteiger charge is -2.11. The first-order valence-electron chi connectivity index (χ1n) is 7.44. The molecule has 0 bridgehead atoms. The smallest absolute Gasteiger partial charge is 0.247 e. The van der Waals surface area contributed by atoms with Gasteiger partial charge in [-0.05, 0) is 31.4 Å². The molecule has 1 heterocycles. The molecule has 0 saturated carbocycles. The zero-order valence-corrected chi connectivity index (χ0v) is 14.0. The van der Waals surface area contributed by atoms with Crippen molar-refractivity contribution in [3.8, 4) is 0 Å². The Morgan fingerprint density at radius 1 is 1.04 bits per heavy atom. The second-order valence-electron chi connectivity index (χ2n) is 5.01. The molecule has 0 spiro atoms. The first-order valence-corrected chi connectivity index (χ1v) is 8.32. The van der Waals surface area contributed by atoms with Crippen molar-refractivity contribution in [3.63, 3.8) is 0 Å². The van der Waals surface area contributed by atoms with Gasteiger partial charge in [-0.15, -0.1) is 11.3 Å². The molecule has 1 nitrogen and oxygen atoms in total. The van der Waals surface area contributed by atoms with Crippen LogP contribution in [-0.2, 0) is 19.0 Å². The molecule has 0 atom stereocenters. The fraction of sp³-hybridized carbons (Fsp3) is 0.500. The average Bonchev–Trinajstić information content (AvgIpc) is 2.85. The normalized spacial score (nSPS) is 10.5. The summed E-state index contributed by atoms with van der Waals surface area (Å²) < 4.78 is 37.1. The van der Waals surface area contributed by atoms with E-state index in [1.807, 2.05) is 13.8 Å². The van der Waals surface area contributed by atoms with E-state index < -0.39 is 11.7 Å². The lowest BCUT2D eigenvalue weighted by Crippen LogP contribution is -2.08. The Morgan fingerprint density at radius 2 is 1.65 bits per heavy atom. The maximum atomic E-state index is 12.4. The lowest BCUT2D eigenvalue weighted by molar-refractivity contribution is -0.138. The Kier molecular flexibility index (Phi) is 9.80. The van der Waals surface area contributed by atoms with E-state index in [1.54, 1.807) is 17.4 Å². The predicted octanol–water partition coefficient (Wildman–Crippen LogP) is 6.70. The topological polar surface area (TPSA) is 12.9 Å². The predicted molar refractivity (Wildman–Crippen MR) is 93.0 cm³/mol. The van der Waals surface area contributed by atoms with Crippen LogP contribution >= 0.6 is 11.3 Å². The van der Waals surface area contributed by atoms with Gasteiger partial charge in [0.1, 0.15) is 0 Å². The van der Waals surface area contributed by atoms with Crippen molar-refractivity contribution >= 4 is 11.3 Å². The van der Waals surface area contributed by atoms with Gasteiger partial charge in [0.15, 0.2) is 0 Å².